The quantitative estimate of drug-likeness (QED) is 0.563. The number of rotatable bonds is 3. The lowest BCUT2D eigenvalue weighted by atomic mass is 10.1. The van der Waals surface area contributed by atoms with Gasteiger partial charge in [0, 0.05) is 14.2 Å². The van der Waals surface area contributed by atoms with Gasteiger partial charge in [-0.1, -0.05) is 0 Å². The Labute approximate surface area is 70.9 Å². The zero-order chi connectivity index (χ0) is 9.14. The Morgan fingerprint density at radius 2 is 2.00 bits per heavy atom. The van der Waals surface area contributed by atoms with E-state index in [-0.39, 0.29) is 6.61 Å². The number of ether oxygens (including phenoxy) is 3. The summed E-state index contributed by atoms with van der Waals surface area (Å²) in [5.74, 6) is 0. The van der Waals surface area contributed by atoms with Crippen LogP contribution in [0.3, 0.4) is 0 Å². The first-order valence-electron chi connectivity index (χ1n) is 3.74. The van der Waals surface area contributed by atoms with E-state index in [1.807, 2.05) is 0 Å². The monoisotopic (exact) mass is 178 g/mol. The third-order valence-electron chi connectivity index (χ3n) is 1.92. The van der Waals surface area contributed by atoms with Crippen LogP contribution in [-0.2, 0) is 14.2 Å². The van der Waals surface area contributed by atoms with E-state index >= 15 is 0 Å². The van der Waals surface area contributed by atoms with Gasteiger partial charge in [0.2, 0.25) is 0 Å². The van der Waals surface area contributed by atoms with Crippen molar-refractivity contribution >= 4 is 0 Å². The van der Waals surface area contributed by atoms with Crippen molar-refractivity contribution in [2.24, 2.45) is 0 Å². The fraction of sp³-hybridized carbons (Fsp3) is 1.00. The molecule has 2 N–H and O–H groups in total. The van der Waals surface area contributed by atoms with Gasteiger partial charge in [0.05, 0.1) is 6.61 Å². The highest BCUT2D eigenvalue weighted by molar-refractivity contribution is 4.86. The summed E-state index contributed by atoms with van der Waals surface area (Å²) in [6.07, 6.45) is -3.07. The van der Waals surface area contributed by atoms with Gasteiger partial charge in [0.25, 0.3) is 0 Å². The van der Waals surface area contributed by atoms with Crippen molar-refractivity contribution in [2.75, 3.05) is 20.8 Å². The summed E-state index contributed by atoms with van der Waals surface area (Å²) in [5.41, 5.74) is 0. The second-order valence-corrected chi connectivity index (χ2v) is 2.71. The SMILES string of the molecule is COC[C@@H]1O[C@H](O)[C@H](OC)[C@H]1O. The molecule has 0 aromatic carbocycles. The van der Waals surface area contributed by atoms with Gasteiger partial charge in [-0.05, 0) is 0 Å². The molecule has 5 nitrogen and oxygen atoms in total. The zero-order valence-corrected chi connectivity index (χ0v) is 7.14. The van der Waals surface area contributed by atoms with Gasteiger partial charge in [0.15, 0.2) is 6.29 Å². The highest BCUT2D eigenvalue weighted by Gasteiger charge is 2.42. The van der Waals surface area contributed by atoms with Crippen LogP contribution in [0.25, 0.3) is 0 Å². The summed E-state index contributed by atoms with van der Waals surface area (Å²) in [5, 5.41) is 18.7. The summed E-state index contributed by atoms with van der Waals surface area (Å²) >= 11 is 0. The molecule has 1 aliphatic heterocycles. The molecule has 5 heteroatoms. The van der Waals surface area contributed by atoms with Crippen molar-refractivity contribution in [1.29, 1.82) is 0 Å². The van der Waals surface area contributed by atoms with Crippen molar-refractivity contribution in [2.45, 2.75) is 24.6 Å². The summed E-state index contributed by atoms with van der Waals surface area (Å²) in [7, 11) is 2.91. The molecular weight excluding hydrogens is 164 g/mol. The third-order valence-corrected chi connectivity index (χ3v) is 1.92. The number of aliphatic hydroxyl groups is 2. The minimum absolute atomic E-state index is 0.248. The number of aliphatic hydroxyl groups excluding tert-OH is 2. The van der Waals surface area contributed by atoms with Gasteiger partial charge >= 0.3 is 0 Å². The lowest BCUT2D eigenvalue weighted by Gasteiger charge is -2.14. The third kappa shape index (κ3) is 1.75. The molecule has 0 aromatic heterocycles. The molecule has 0 bridgehead atoms. The molecule has 72 valence electrons. The molecule has 1 aliphatic rings. The van der Waals surface area contributed by atoms with Gasteiger partial charge in [-0.3, -0.25) is 0 Å². The summed E-state index contributed by atoms with van der Waals surface area (Å²) in [6.45, 7) is 0.248. The number of hydrogen-bond donors (Lipinski definition) is 2. The largest absolute Gasteiger partial charge is 0.387 e. The predicted octanol–water partition coefficient (Wildman–Crippen LogP) is -1.27. The predicted molar refractivity (Wildman–Crippen MR) is 39.6 cm³/mol. The molecule has 12 heavy (non-hydrogen) atoms. The molecule has 1 heterocycles. The van der Waals surface area contributed by atoms with Crippen molar-refractivity contribution < 1.29 is 24.4 Å². The van der Waals surface area contributed by atoms with Gasteiger partial charge in [-0.15, -0.1) is 0 Å². The summed E-state index contributed by atoms with van der Waals surface area (Å²) < 4.78 is 14.6. The van der Waals surface area contributed by atoms with Crippen molar-refractivity contribution in [3.8, 4) is 0 Å². The highest BCUT2D eigenvalue weighted by atomic mass is 16.7. The van der Waals surface area contributed by atoms with E-state index in [4.69, 9.17) is 14.2 Å². The molecule has 1 rings (SSSR count). The highest BCUT2D eigenvalue weighted by Crippen LogP contribution is 2.21. The molecule has 0 amide bonds. The normalized spacial score (nSPS) is 42.0. The second kappa shape index (κ2) is 4.15. The van der Waals surface area contributed by atoms with Gasteiger partial charge in [0.1, 0.15) is 18.3 Å². The molecule has 0 unspecified atom stereocenters. The van der Waals surface area contributed by atoms with Gasteiger partial charge in [-0.2, -0.15) is 0 Å². The van der Waals surface area contributed by atoms with Crippen LogP contribution < -0.4 is 0 Å². The summed E-state index contributed by atoms with van der Waals surface area (Å²) in [6, 6.07) is 0. The van der Waals surface area contributed by atoms with E-state index in [2.05, 4.69) is 0 Å². The first-order valence-corrected chi connectivity index (χ1v) is 3.74. The molecule has 1 fully saturated rings. The van der Waals surface area contributed by atoms with Crippen LogP contribution in [0.1, 0.15) is 0 Å². The average molecular weight is 178 g/mol. The average Bonchev–Trinajstić information content (AvgIpc) is 2.29. The minimum Gasteiger partial charge on any atom is -0.387 e. The lowest BCUT2D eigenvalue weighted by Crippen LogP contribution is -2.35. The maximum absolute atomic E-state index is 9.46. The van der Waals surface area contributed by atoms with E-state index in [1.54, 1.807) is 0 Å². The van der Waals surface area contributed by atoms with E-state index < -0.39 is 24.6 Å². The summed E-state index contributed by atoms with van der Waals surface area (Å²) in [4.78, 5) is 0. The molecule has 0 aliphatic carbocycles. The first kappa shape index (κ1) is 9.88. The maximum Gasteiger partial charge on any atom is 0.184 e. The standard InChI is InChI=1S/C7H14O5/c1-10-3-4-5(8)6(11-2)7(9)12-4/h4-9H,3H2,1-2H3/t4-,5-,6+,7-/m0/s1. The molecule has 4 atom stereocenters. The fourth-order valence-electron chi connectivity index (χ4n) is 1.28. The molecule has 0 aromatic rings. The Balaban J connectivity index is 2.49. The van der Waals surface area contributed by atoms with E-state index in [0.717, 1.165) is 0 Å². The van der Waals surface area contributed by atoms with Crippen LogP contribution >= 0.6 is 0 Å². The van der Waals surface area contributed by atoms with Gasteiger partial charge in [-0.25, -0.2) is 0 Å². The molecular formula is C7H14O5. The van der Waals surface area contributed by atoms with Crippen LogP contribution in [0.15, 0.2) is 0 Å². The molecule has 1 saturated heterocycles. The maximum atomic E-state index is 9.46. The lowest BCUT2D eigenvalue weighted by molar-refractivity contribution is -0.141. The fourth-order valence-corrected chi connectivity index (χ4v) is 1.28. The molecule has 0 saturated carbocycles. The Morgan fingerprint density at radius 1 is 1.33 bits per heavy atom. The number of methoxy groups -OCH3 is 2. The minimum atomic E-state index is -1.06. The van der Waals surface area contributed by atoms with Crippen LogP contribution in [0.2, 0.25) is 0 Å². The Bertz CT molecular complexity index is 140. The zero-order valence-electron chi connectivity index (χ0n) is 7.14. The topological polar surface area (TPSA) is 68.2 Å². The van der Waals surface area contributed by atoms with E-state index in [9.17, 15) is 10.2 Å². The van der Waals surface area contributed by atoms with E-state index in [0.29, 0.717) is 0 Å². The number of hydrogen-bond acceptors (Lipinski definition) is 5. The molecule has 0 spiro atoms. The molecule has 0 radical (unpaired) electrons. The smallest absolute Gasteiger partial charge is 0.184 e. The van der Waals surface area contributed by atoms with Crippen LogP contribution in [0.4, 0.5) is 0 Å². The van der Waals surface area contributed by atoms with Crippen molar-refractivity contribution in [1.82, 2.24) is 0 Å². The van der Waals surface area contributed by atoms with Crippen molar-refractivity contribution in [3.05, 3.63) is 0 Å². The second-order valence-electron chi connectivity index (χ2n) is 2.71. The van der Waals surface area contributed by atoms with Crippen LogP contribution in [0.5, 0.6) is 0 Å². The van der Waals surface area contributed by atoms with E-state index in [1.165, 1.54) is 14.2 Å². The van der Waals surface area contributed by atoms with Crippen molar-refractivity contribution in [3.63, 3.8) is 0 Å². The first-order chi connectivity index (χ1) is 5.70. The Hall–Kier alpha value is -0.200. The Morgan fingerprint density at radius 3 is 2.42 bits per heavy atom. The van der Waals surface area contributed by atoms with Crippen LogP contribution in [0, 0.1) is 0 Å². The van der Waals surface area contributed by atoms with Gasteiger partial charge < -0.3 is 24.4 Å². The Kier molecular flexibility index (Phi) is 3.42. The van der Waals surface area contributed by atoms with Crippen LogP contribution in [-0.4, -0.2) is 55.6 Å².